The van der Waals surface area contributed by atoms with Crippen LogP contribution in [0.3, 0.4) is 0 Å². The molecule has 1 saturated carbocycles. The van der Waals surface area contributed by atoms with Crippen molar-refractivity contribution in [1.29, 1.82) is 0 Å². The van der Waals surface area contributed by atoms with Gasteiger partial charge in [-0.05, 0) is 46.0 Å². The van der Waals surface area contributed by atoms with E-state index in [0.29, 0.717) is 28.8 Å². The van der Waals surface area contributed by atoms with Gasteiger partial charge < -0.3 is 10.1 Å². The lowest BCUT2D eigenvalue weighted by Gasteiger charge is -2.44. The normalized spacial score (nSPS) is 27.7. The number of nitrogens with one attached hydrogen (secondary N) is 1. The number of carbonyl (C=O) groups is 1. The maximum absolute atomic E-state index is 10.8. The highest BCUT2D eigenvalue weighted by atomic mass is 79.9. The first-order valence-electron chi connectivity index (χ1n) is 8.18. The molecule has 1 N–H and O–H groups in total. The van der Waals surface area contributed by atoms with Gasteiger partial charge in [0.25, 0.3) is 0 Å². The van der Waals surface area contributed by atoms with Crippen molar-refractivity contribution in [3.05, 3.63) is 16.2 Å². The number of nitrogens with zero attached hydrogens (tertiary/aromatic N) is 3. The van der Waals surface area contributed by atoms with E-state index < -0.39 is 0 Å². The van der Waals surface area contributed by atoms with Crippen molar-refractivity contribution in [2.24, 2.45) is 22.2 Å². The first kappa shape index (κ1) is 18.2. The summed E-state index contributed by atoms with van der Waals surface area (Å²) in [6.45, 7) is 9.58. The molecule has 0 aliphatic heterocycles. The van der Waals surface area contributed by atoms with Crippen molar-refractivity contribution in [3.63, 3.8) is 0 Å². The summed E-state index contributed by atoms with van der Waals surface area (Å²) in [4.78, 5) is 15.0. The lowest BCUT2D eigenvalue weighted by Crippen LogP contribution is -2.42. The van der Waals surface area contributed by atoms with Crippen LogP contribution >= 0.6 is 15.9 Å². The van der Waals surface area contributed by atoms with Gasteiger partial charge in [0, 0.05) is 13.1 Å². The van der Waals surface area contributed by atoms with Crippen LogP contribution in [0.15, 0.2) is 15.7 Å². The van der Waals surface area contributed by atoms with Crippen LogP contribution in [0.2, 0.25) is 0 Å². The monoisotopic (exact) mass is 382 g/mol. The first-order valence-corrected chi connectivity index (χ1v) is 8.98. The maximum atomic E-state index is 10.8. The topological polar surface area (TPSA) is 59.3 Å². The van der Waals surface area contributed by atoms with Gasteiger partial charge in [-0.2, -0.15) is 5.10 Å². The van der Waals surface area contributed by atoms with E-state index in [1.807, 2.05) is 0 Å². The fourth-order valence-electron chi connectivity index (χ4n) is 3.50. The molecular weight excluding hydrogens is 356 g/mol. The van der Waals surface area contributed by atoms with E-state index in [9.17, 15) is 4.79 Å². The predicted octanol–water partition coefficient (Wildman–Crippen LogP) is 3.25. The highest BCUT2D eigenvalue weighted by Gasteiger charge is 2.37. The Bertz CT molecular complexity index is 638. The van der Waals surface area contributed by atoms with E-state index in [0.717, 1.165) is 22.9 Å². The van der Waals surface area contributed by atoms with Gasteiger partial charge in [-0.1, -0.05) is 27.7 Å². The lowest BCUT2D eigenvalue weighted by molar-refractivity contribution is -0.108. The predicted molar refractivity (Wildman–Crippen MR) is 96.2 cm³/mol. The lowest BCUT2D eigenvalue weighted by atomic mass is 9.64. The minimum absolute atomic E-state index is 0.205. The van der Waals surface area contributed by atoms with Crippen LogP contribution in [0.5, 0.6) is 0 Å². The van der Waals surface area contributed by atoms with E-state index in [4.69, 9.17) is 0 Å². The quantitative estimate of drug-likeness (QED) is 0.812. The average molecular weight is 383 g/mol. The second-order valence-electron chi connectivity index (χ2n) is 7.33. The van der Waals surface area contributed by atoms with Crippen molar-refractivity contribution < 1.29 is 4.79 Å². The number of carbonyl (C=O) groups excluding carboxylic acids is 1. The van der Waals surface area contributed by atoms with Crippen LogP contribution in [0.4, 0.5) is 5.69 Å². The summed E-state index contributed by atoms with van der Waals surface area (Å²) in [5, 5.41) is 7.98. The second-order valence-corrected chi connectivity index (χ2v) is 8.12. The Kier molecular flexibility index (Phi) is 5.65. The van der Waals surface area contributed by atoms with Crippen LogP contribution in [0, 0.1) is 17.3 Å². The summed E-state index contributed by atoms with van der Waals surface area (Å²) in [5.41, 5.74) is 2.01. The molecule has 1 aliphatic rings. The SMILES string of the molecule is CN=c1c(Br)c(N[C@@H]2C[C@H](C)C(C)(C)CC2C)cnn1CC=O. The summed E-state index contributed by atoms with van der Waals surface area (Å²) in [7, 11) is 1.71. The van der Waals surface area contributed by atoms with Gasteiger partial charge in [-0.25, -0.2) is 4.68 Å². The summed E-state index contributed by atoms with van der Waals surface area (Å²) in [5.74, 6) is 1.26. The van der Waals surface area contributed by atoms with E-state index in [1.54, 1.807) is 17.9 Å². The van der Waals surface area contributed by atoms with Gasteiger partial charge in [0.1, 0.15) is 6.29 Å². The number of halogens is 1. The molecule has 128 valence electrons. The molecular formula is C17H27BrN4O. The van der Waals surface area contributed by atoms with E-state index in [2.05, 4.69) is 59.0 Å². The van der Waals surface area contributed by atoms with Crippen molar-refractivity contribution >= 4 is 27.9 Å². The molecule has 6 heteroatoms. The minimum atomic E-state index is 0.205. The Hall–Kier alpha value is -1.17. The third-order valence-corrected chi connectivity index (χ3v) is 6.06. The third-order valence-electron chi connectivity index (χ3n) is 5.28. The molecule has 23 heavy (non-hydrogen) atoms. The zero-order valence-electron chi connectivity index (χ0n) is 14.6. The number of hydrogen-bond donors (Lipinski definition) is 1. The summed E-state index contributed by atoms with van der Waals surface area (Å²) in [6.07, 6.45) is 4.95. The van der Waals surface area contributed by atoms with Gasteiger partial charge in [0.15, 0.2) is 5.49 Å². The third kappa shape index (κ3) is 3.84. The standard InChI is InChI=1S/C17H27BrN4O/c1-11-9-17(3,4)12(2)8-13(11)21-14-10-20-22(6-7-23)16(19-5)15(14)18/h7,10-13,21H,6,8-9H2,1-5H3/t11?,12-,13+/m0/s1. The van der Waals surface area contributed by atoms with E-state index in [-0.39, 0.29) is 6.54 Å². The highest BCUT2D eigenvalue weighted by molar-refractivity contribution is 9.10. The Morgan fingerprint density at radius 1 is 1.52 bits per heavy atom. The molecule has 1 fully saturated rings. The average Bonchev–Trinajstić information content (AvgIpc) is 2.47. The van der Waals surface area contributed by atoms with Crippen LogP contribution < -0.4 is 10.8 Å². The second kappa shape index (κ2) is 7.16. The molecule has 1 aromatic heterocycles. The minimum Gasteiger partial charge on any atom is -0.380 e. The van der Waals surface area contributed by atoms with Gasteiger partial charge in [0.05, 0.1) is 22.9 Å². The van der Waals surface area contributed by atoms with Crippen LogP contribution in [-0.2, 0) is 11.3 Å². The fraction of sp³-hybridized carbons (Fsp3) is 0.706. The molecule has 0 radical (unpaired) electrons. The zero-order chi connectivity index (χ0) is 17.2. The molecule has 2 rings (SSSR count). The number of aromatic nitrogens is 2. The fourth-order valence-corrected chi connectivity index (χ4v) is 4.10. The van der Waals surface area contributed by atoms with Gasteiger partial charge in [-0.3, -0.25) is 4.99 Å². The van der Waals surface area contributed by atoms with Crippen molar-refractivity contribution in [1.82, 2.24) is 9.78 Å². The molecule has 0 spiro atoms. The van der Waals surface area contributed by atoms with Crippen LogP contribution in [-0.4, -0.2) is 29.2 Å². The summed E-state index contributed by atoms with van der Waals surface area (Å²) < 4.78 is 2.46. The maximum Gasteiger partial charge on any atom is 0.160 e. The Morgan fingerprint density at radius 2 is 2.22 bits per heavy atom. The number of hydrogen-bond acceptors (Lipinski definition) is 4. The van der Waals surface area contributed by atoms with Crippen molar-refractivity contribution in [3.8, 4) is 0 Å². The van der Waals surface area contributed by atoms with Crippen molar-refractivity contribution in [2.75, 3.05) is 12.4 Å². The number of rotatable bonds is 4. The molecule has 0 amide bonds. The largest absolute Gasteiger partial charge is 0.380 e. The molecule has 5 nitrogen and oxygen atoms in total. The van der Waals surface area contributed by atoms with Gasteiger partial charge in [0.2, 0.25) is 0 Å². The molecule has 1 aliphatic carbocycles. The number of aldehydes is 1. The molecule has 3 atom stereocenters. The van der Waals surface area contributed by atoms with Gasteiger partial charge in [-0.15, -0.1) is 0 Å². The smallest absolute Gasteiger partial charge is 0.160 e. The molecule has 1 heterocycles. The number of anilines is 1. The van der Waals surface area contributed by atoms with E-state index >= 15 is 0 Å². The van der Waals surface area contributed by atoms with Crippen LogP contribution in [0.25, 0.3) is 0 Å². The Labute approximate surface area is 146 Å². The van der Waals surface area contributed by atoms with Crippen LogP contribution in [0.1, 0.15) is 40.5 Å². The first-order chi connectivity index (χ1) is 10.8. The molecule has 0 aromatic carbocycles. The molecule has 1 unspecified atom stereocenters. The Morgan fingerprint density at radius 3 is 2.83 bits per heavy atom. The molecule has 0 saturated heterocycles. The summed E-state index contributed by atoms with van der Waals surface area (Å²) in [6, 6.07) is 0.419. The molecule has 1 aromatic rings. The van der Waals surface area contributed by atoms with Gasteiger partial charge >= 0.3 is 0 Å². The Balaban J connectivity index is 2.26. The highest BCUT2D eigenvalue weighted by Crippen LogP contribution is 2.43. The van der Waals surface area contributed by atoms with E-state index in [1.165, 1.54) is 6.42 Å². The summed E-state index contributed by atoms with van der Waals surface area (Å²) >= 11 is 3.61. The molecule has 0 bridgehead atoms. The van der Waals surface area contributed by atoms with Crippen molar-refractivity contribution in [2.45, 2.75) is 53.1 Å². The zero-order valence-corrected chi connectivity index (χ0v) is 16.2.